The summed E-state index contributed by atoms with van der Waals surface area (Å²) in [5, 5.41) is 0. The lowest BCUT2D eigenvalue weighted by atomic mass is 9.97. The van der Waals surface area contributed by atoms with Crippen molar-refractivity contribution in [3.63, 3.8) is 0 Å². The third-order valence-corrected chi connectivity index (χ3v) is 7.05. The number of nitrogens with two attached hydrogens (primary N) is 1. The maximum atomic E-state index is 12.4. The van der Waals surface area contributed by atoms with Crippen LogP contribution in [0.4, 0.5) is 0 Å². The van der Waals surface area contributed by atoms with Gasteiger partial charge in [0.05, 0.1) is 5.75 Å². The second kappa shape index (κ2) is 8.59. The van der Waals surface area contributed by atoms with Gasteiger partial charge in [-0.2, -0.15) is 4.31 Å². The van der Waals surface area contributed by atoms with Crippen LogP contribution < -0.4 is 5.73 Å². The number of likely N-dealkylation sites (tertiary alicyclic amines) is 1. The molecule has 0 bridgehead atoms. The highest BCUT2D eigenvalue weighted by molar-refractivity contribution is 7.89. The highest BCUT2D eigenvalue weighted by Gasteiger charge is 2.26. The van der Waals surface area contributed by atoms with Gasteiger partial charge in [0.1, 0.15) is 0 Å². The average molecular weight is 333 g/mol. The molecule has 2 aliphatic rings. The zero-order valence-electron chi connectivity index (χ0n) is 13.9. The summed E-state index contributed by atoms with van der Waals surface area (Å²) in [6.07, 6.45) is 3.05. The summed E-state index contributed by atoms with van der Waals surface area (Å²) in [4.78, 5) is 4.68. The molecule has 0 radical (unpaired) electrons. The average Bonchev–Trinajstić information content (AvgIpc) is 2.55. The molecule has 2 fully saturated rings. The molecule has 2 aliphatic heterocycles. The summed E-state index contributed by atoms with van der Waals surface area (Å²) < 4.78 is 26.5. The molecule has 0 atom stereocenters. The summed E-state index contributed by atoms with van der Waals surface area (Å²) >= 11 is 0. The number of nitrogens with zero attached hydrogens (tertiary/aromatic N) is 3. The first-order valence-electron chi connectivity index (χ1n) is 8.67. The second-order valence-electron chi connectivity index (χ2n) is 6.52. The maximum Gasteiger partial charge on any atom is 0.214 e. The SMILES string of the molecule is CCN1CCN(S(=O)(=O)CCCN2CCC(CN)CC2)CC1. The number of hydrogen-bond acceptors (Lipinski definition) is 5. The Morgan fingerprint density at radius 2 is 1.64 bits per heavy atom. The molecule has 6 nitrogen and oxygen atoms in total. The molecule has 130 valence electrons. The Morgan fingerprint density at radius 1 is 1.00 bits per heavy atom. The van der Waals surface area contributed by atoms with Crippen LogP contribution >= 0.6 is 0 Å². The van der Waals surface area contributed by atoms with Gasteiger partial charge in [0.25, 0.3) is 0 Å². The minimum atomic E-state index is -3.07. The molecule has 22 heavy (non-hydrogen) atoms. The van der Waals surface area contributed by atoms with E-state index in [1.165, 1.54) is 0 Å². The topological polar surface area (TPSA) is 69.9 Å². The predicted octanol–water partition coefficient (Wildman–Crippen LogP) is 0.0145. The lowest BCUT2D eigenvalue weighted by molar-refractivity contribution is 0.186. The van der Waals surface area contributed by atoms with Crippen molar-refractivity contribution in [3.8, 4) is 0 Å². The van der Waals surface area contributed by atoms with Crippen LogP contribution in [0.5, 0.6) is 0 Å². The van der Waals surface area contributed by atoms with Crippen LogP contribution in [0.2, 0.25) is 0 Å². The van der Waals surface area contributed by atoms with E-state index in [1.807, 2.05) is 0 Å². The van der Waals surface area contributed by atoms with Crippen molar-refractivity contribution < 1.29 is 8.42 Å². The summed E-state index contributed by atoms with van der Waals surface area (Å²) in [7, 11) is -3.07. The Kier molecular flexibility index (Phi) is 7.08. The fourth-order valence-electron chi connectivity index (χ4n) is 3.37. The van der Waals surface area contributed by atoms with Crippen LogP contribution in [-0.2, 0) is 10.0 Å². The van der Waals surface area contributed by atoms with Crippen molar-refractivity contribution in [2.45, 2.75) is 26.2 Å². The van der Waals surface area contributed by atoms with E-state index in [2.05, 4.69) is 16.7 Å². The van der Waals surface area contributed by atoms with Gasteiger partial charge in [-0.1, -0.05) is 6.92 Å². The predicted molar refractivity (Wildman–Crippen MR) is 90.3 cm³/mol. The summed E-state index contributed by atoms with van der Waals surface area (Å²) in [6, 6.07) is 0. The normalized spacial score (nSPS) is 23.9. The number of piperidine rings is 1. The number of rotatable bonds is 7. The van der Waals surface area contributed by atoms with Crippen molar-refractivity contribution in [2.24, 2.45) is 11.7 Å². The second-order valence-corrected chi connectivity index (χ2v) is 8.61. The number of likely N-dealkylation sites (N-methyl/N-ethyl adjacent to an activating group) is 1. The zero-order chi connectivity index (χ0) is 16.0. The van der Waals surface area contributed by atoms with Gasteiger partial charge in [0.2, 0.25) is 10.0 Å². The van der Waals surface area contributed by atoms with Crippen molar-refractivity contribution >= 4 is 10.0 Å². The van der Waals surface area contributed by atoms with E-state index < -0.39 is 10.0 Å². The molecule has 2 heterocycles. The number of piperazine rings is 1. The molecule has 7 heteroatoms. The van der Waals surface area contributed by atoms with Crippen LogP contribution in [0, 0.1) is 5.92 Å². The summed E-state index contributed by atoms with van der Waals surface area (Å²) in [6.45, 7) is 9.97. The first-order valence-corrected chi connectivity index (χ1v) is 10.3. The quantitative estimate of drug-likeness (QED) is 0.711. The Morgan fingerprint density at radius 3 is 2.18 bits per heavy atom. The molecule has 0 aromatic rings. The van der Waals surface area contributed by atoms with E-state index in [-0.39, 0.29) is 5.75 Å². The minimum Gasteiger partial charge on any atom is -0.330 e. The van der Waals surface area contributed by atoms with Crippen molar-refractivity contribution in [2.75, 3.05) is 64.7 Å². The van der Waals surface area contributed by atoms with Crippen LogP contribution in [0.15, 0.2) is 0 Å². The summed E-state index contributed by atoms with van der Waals surface area (Å²) in [5.41, 5.74) is 5.70. The van der Waals surface area contributed by atoms with E-state index in [9.17, 15) is 8.42 Å². The molecular formula is C15H32N4O2S. The van der Waals surface area contributed by atoms with Crippen molar-refractivity contribution in [1.29, 1.82) is 0 Å². The fraction of sp³-hybridized carbons (Fsp3) is 1.00. The smallest absolute Gasteiger partial charge is 0.214 e. The lowest BCUT2D eigenvalue weighted by Crippen LogP contribution is -2.49. The Hall–Kier alpha value is -0.210. The first-order chi connectivity index (χ1) is 10.5. The Balaban J connectivity index is 1.67. The largest absolute Gasteiger partial charge is 0.330 e. The zero-order valence-corrected chi connectivity index (χ0v) is 14.7. The van der Waals surface area contributed by atoms with Crippen molar-refractivity contribution in [1.82, 2.24) is 14.1 Å². The highest BCUT2D eigenvalue weighted by atomic mass is 32.2. The third-order valence-electron chi connectivity index (χ3n) is 5.09. The Labute approximate surface area is 135 Å². The Bertz CT molecular complexity index is 413. The van der Waals surface area contributed by atoms with Crippen LogP contribution in [-0.4, -0.2) is 87.2 Å². The first kappa shape index (κ1) is 18.1. The molecule has 0 aromatic heterocycles. The van der Waals surface area contributed by atoms with E-state index in [1.54, 1.807) is 4.31 Å². The third kappa shape index (κ3) is 5.16. The minimum absolute atomic E-state index is 0.288. The van der Waals surface area contributed by atoms with Gasteiger partial charge in [-0.05, 0) is 57.9 Å². The molecule has 0 amide bonds. The van der Waals surface area contributed by atoms with Crippen LogP contribution in [0.3, 0.4) is 0 Å². The molecule has 0 saturated carbocycles. The molecule has 2 saturated heterocycles. The molecule has 2 N–H and O–H groups in total. The van der Waals surface area contributed by atoms with Gasteiger partial charge >= 0.3 is 0 Å². The van der Waals surface area contributed by atoms with Gasteiger partial charge in [0.15, 0.2) is 0 Å². The fourth-order valence-corrected chi connectivity index (χ4v) is 4.84. The number of sulfonamides is 1. The molecular weight excluding hydrogens is 300 g/mol. The molecule has 0 spiro atoms. The molecule has 0 aliphatic carbocycles. The monoisotopic (exact) mass is 332 g/mol. The van der Waals surface area contributed by atoms with Gasteiger partial charge in [0, 0.05) is 26.2 Å². The van der Waals surface area contributed by atoms with E-state index in [0.717, 1.165) is 65.1 Å². The van der Waals surface area contributed by atoms with E-state index >= 15 is 0 Å². The standard InChI is InChI=1S/C15H32N4O2S/c1-2-17-9-11-19(12-10-17)22(20,21)13-3-6-18-7-4-15(14-16)5-8-18/h15H,2-14,16H2,1H3. The van der Waals surface area contributed by atoms with E-state index in [0.29, 0.717) is 19.0 Å². The van der Waals surface area contributed by atoms with Crippen LogP contribution in [0.25, 0.3) is 0 Å². The van der Waals surface area contributed by atoms with Crippen LogP contribution in [0.1, 0.15) is 26.2 Å². The van der Waals surface area contributed by atoms with Gasteiger partial charge in [-0.15, -0.1) is 0 Å². The number of hydrogen-bond donors (Lipinski definition) is 1. The van der Waals surface area contributed by atoms with Gasteiger partial charge < -0.3 is 15.5 Å². The van der Waals surface area contributed by atoms with Crippen molar-refractivity contribution in [3.05, 3.63) is 0 Å². The summed E-state index contributed by atoms with van der Waals surface area (Å²) in [5.74, 6) is 0.950. The van der Waals surface area contributed by atoms with E-state index in [4.69, 9.17) is 5.73 Å². The van der Waals surface area contributed by atoms with Gasteiger partial charge in [-0.25, -0.2) is 8.42 Å². The van der Waals surface area contributed by atoms with Gasteiger partial charge in [-0.3, -0.25) is 0 Å². The lowest BCUT2D eigenvalue weighted by Gasteiger charge is -2.34. The molecule has 0 unspecified atom stereocenters. The molecule has 2 rings (SSSR count). The maximum absolute atomic E-state index is 12.4. The highest BCUT2D eigenvalue weighted by Crippen LogP contribution is 2.16. The molecule has 0 aromatic carbocycles.